The van der Waals surface area contributed by atoms with Crippen molar-refractivity contribution in [3.8, 4) is 5.75 Å². The van der Waals surface area contributed by atoms with Crippen molar-refractivity contribution in [3.05, 3.63) is 34.8 Å². The molecule has 1 aliphatic heterocycles. The Balaban J connectivity index is 2.32. The molecule has 1 aromatic carbocycles. The van der Waals surface area contributed by atoms with Crippen LogP contribution in [0, 0.1) is 0 Å². The molecule has 0 aromatic heterocycles. The lowest BCUT2D eigenvalue weighted by Crippen LogP contribution is -2.41. The first-order valence-corrected chi connectivity index (χ1v) is 7.54. The Kier molecular flexibility index (Phi) is 4.99. The highest BCUT2D eigenvalue weighted by Gasteiger charge is 2.52. The van der Waals surface area contributed by atoms with Crippen molar-refractivity contribution in [3.63, 3.8) is 0 Å². The lowest BCUT2D eigenvalue weighted by Gasteiger charge is -2.32. The summed E-state index contributed by atoms with van der Waals surface area (Å²) in [5.74, 6) is 0.512. The van der Waals surface area contributed by atoms with Crippen LogP contribution in [-0.2, 0) is 9.31 Å². The second-order valence-corrected chi connectivity index (χ2v) is 6.58. The second kappa shape index (κ2) is 6.47. The summed E-state index contributed by atoms with van der Waals surface area (Å²) in [6, 6.07) is 5.23. The van der Waals surface area contributed by atoms with Gasteiger partial charge in [0.2, 0.25) is 0 Å². The van der Waals surface area contributed by atoms with Crippen molar-refractivity contribution >= 4 is 19.5 Å². The molecule has 1 saturated heterocycles. The Morgan fingerprint density at radius 1 is 1.26 bits per heavy atom. The quantitative estimate of drug-likeness (QED) is 0.667. The molecule has 2 rings (SSSR count). The number of rotatable bonds is 5. The van der Waals surface area contributed by atoms with Gasteiger partial charge in [0.05, 0.1) is 30.5 Å². The van der Waals surface area contributed by atoms with Crippen molar-refractivity contribution in [2.45, 2.75) is 38.9 Å². The number of carbonyl (C=O) groups excluding carboxylic acids is 1. The van der Waals surface area contributed by atoms with Crippen molar-refractivity contribution in [1.82, 2.24) is 0 Å². The molecule has 0 spiro atoms. The van der Waals surface area contributed by atoms with Crippen molar-refractivity contribution in [2.75, 3.05) is 13.7 Å². The Morgan fingerprint density at radius 3 is 2.35 bits per heavy atom. The van der Waals surface area contributed by atoms with E-state index in [1.165, 1.54) is 7.11 Å². The summed E-state index contributed by atoms with van der Waals surface area (Å²) in [6.07, 6.45) is 2.51. The van der Waals surface area contributed by atoms with Crippen LogP contribution in [0.4, 0.5) is 0 Å². The van der Waals surface area contributed by atoms with Gasteiger partial charge in [-0.05, 0) is 50.9 Å². The van der Waals surface area contributed by atoms with Gasteiger partial charge in [-0.1, -0.05) is 12.1 Å². The second-order valence-electron chi connectivity index (χ2n) is 6.58. The van der Waals surface area contributed by atoms with Gasteiger partial charge >= 0.3 is 7.12 Å². The van der Waals surface area contributed by atoms with E-state index < -0.39 is 18.3 Å². The predicted molar refractivity (Wildman–Crippen MR) is 89.5 cm³/mol. The molecule has 1 aliphatic rings. The number of methoxy groups -OCH3 is 1. The van der Waals surface area contributed by atoms with E-state index in [9.17, 15) is 9.90 Å². The standard InChI is InChI=1S/C17H23BO5/c1-16(2)17(3,4)23-18(22-16)14(11-20)9-12-6-7-15(21-5)13(8-12)10-19/h6-10,20H,11H2,1-5H3. The molecule has 1 heterocycles. The first-order chi connectivity index (χ1) is 10.7. The largest absolute Gasteiger partial charge is 0.496 e. The summed E-state index contributed by atoms with van der Waals surface area (Å²) in [5, 5.41) is 9.69. The van der Waals surface area contributed by atoms with Gasteiger partial charge in [-0.15, -0.1) is 0 Å². The molecule has 0 unspecified atom stereocenters. The topological polar surface area (TPSA) is 65.0 Å². The number of hydrogen-bond donors (Lipinski definition) is 1. The van der Waals surface area contributed by atoms with E-state index in [0.717, 1.165) is 11.8 Å². The highest BCUT2D eigenvalue weighted by Crippen LogP contribution is 2.38. The van der Waals surface area contributed by atoms with E-state index in [1.807, 2.05) is 33.8 Å². The Hall–Kier alpha value is -1.63. The van der Waals surface area contributed by atoms with E-state index in [4.69, 9.17) is 14.0 Å². The molecule has 23 heavy (non-hydrogen) atoms. The monoisotopic (exact) mass is 318 g/mol. The molecule has 1 aromatic rings. The number of hydrogen-bond acceptors (Lipinski definition) is 5. The molecule has 6 heteroatoms. The predicted octanol–water partition coefficient (Wildman–Crippen LogP) is 2.51. The van der Waals surface area contributed by atoms with Gasteiger partial charge in [0.15, 0.2) is 6.29 Å². The fourth-order valence-corrected chi connectivity index (χ4v) is 2.33. The smallest absolute Gasteiger partial charge is 0.492 e. The first kappa shape index (κ1) is 17.7. The molecule has 0 atom stereocenters. The number of carbonyl (C=O) groups is 1. The van der Waals surface area contributed by atoms with Crippen LogP contribution in [0.5, 0.6) is 5.75 Å². The summed E-state index contributed by atoms with van der Waals surface area (Å²) in [4.78, 5) is 11.1. The zero-order valence-corrected chi connectivity index (χ0v) is 14.3. The Morgan fingerprint density at radius 2 is 1.87 bits per heavy atom. The third-order valence-electron chi connectivity index (χ3n) is 4.47. The molecule has 1 N–H and O–H groups in total. The summed E-state index contributed by atoms with van der Waals surface area (Å²) in [7, 11) is 0.897. The molecule has 0 saturated carbocycles. The van der Waals surface area contributed by atoms with Crippen LogP contribution in [0.25, 0.3) is 6.08 Å². The van der Waals surface area contributed by atoms with Crippen molar-refractivity contribution in [2.24, 2.45) is 0 Å². The molecule has 0 bridgehead atoms. The van der Waals surface area contributed by atoms with Crippen LogP contribution in [0.1, 0.15) is 43.6 Å². The summed E-state index contributed by atoms with van der Waals surface area (Å²) in [5.41, 5.74) is 0.879. The summed E-state index contributed by atoms with van der Waals surface area (Å²) >= 11 is 0. The maximum Gasteiger partial charge on any atom is 0.492 e. The van der Waals surface area contributed by atoms with E-state index in [0.29, 0.717) is 16.8 Å². The Bertz CT molecular complexity index is 605. The normalized spacial score (nSPS) is 19.7. The minimum atomic E-state index is -0.619. The van der Waals surface area contributed by atoms with Gasteiger partial charge < -0.3 is 19.2 Å². The average Bonchev–Trinajstić information content (AvgIpc) is 2.72. The van der Waals surface area contributed by atoms with E-state index in [-0.39, 0.29) is 6.61 Å². The minimum Gasteiger partial charge on any atom is -0.496 e. The van der Waals surface area contributed by atoms with Crippen LogP contribution < -0.4 is 4.74 Å². The van der Waals surface area contributed by atoms with Crippen molar-refractivity contribution < 1.29 is 23.9 Å². The minimum absolute atomic E-state index is 0.195. The van der Waals surface area contributed by atoms with Gasteiger partial charge in [0.1, 0.15) is 5.75 Å². The molecule has 0 aliphatic carbocycles. The summed E-state index contributed by atoms with van der Waals surface area (Å²) < 4.78 is 17.0. The van der Waals surface area contributed by atoms with Gasteiger partial charge in [0.25, 0.3) is 0 Å². The highest BCUT2D eigenvalue weighted by molar-refractivity contribution is 6.55. The first-order valence-electron chi connectivity index (χ1n) is 7.54. The van der Waals surface area contributed by atoms with Crippen LogP contribution in [0.2, 0.25) is 0 Å². The fourth-order valence-electron chi connectivity index (χ4n) is 2.33. The number of ether oxygens (including phenoxy) is 1. The third kappa shape index (κ3) is 3.49. The lowest BCUT2D eigenvalue weighted by molar-refractivity contribution is 0.00578. The number of aliphatic hydroxyl groups excluding tert-OH is 1. The zero-order chi connectivity index (χ0) is 17.3. The third-order valence-corrected chi connectivity index (χ3v) is 4.47. The molecule has 0 radical (unpaired) electrons. The molecule has 5 nitrogen and oxygen atoms in total. The summed E-state index contributed by atoms with van der Waals surface area (Å²) in [6.45, 7) is 7.64. The number of benzene rings is 1. The van der Waals surface area contributed by atoms with Gasteiger partial charge in [-0.3, -0.25) is 4.79 Å². The fraction of sp³-hybridized carbons (Fsp3) is 0.471. The lowest BCUT2D eigenvalue weighted by atomic mass is 9.77. The van der Waals surface area contributed by atoms with Gasteiger partial charge in [0, 0.05) is 0 Å². The van der Waals surface area contributed by atoms with Gasteiger partial charge in [-0.2, -0.15) is 0 Å². The van der Waals surface area contributed by atoms with Crippen molar-refractivity contribution in [1.29, 1.82) is 0 Å². The van der Waals surface area contributed by atoms with Crippen LogP contribution in [0.15, 0.2) is 23.7 Å². The van der Waals surface area contributed by atoms with E-state index >= 15 is 0 Å². The molecular weight excluding hydrogens is 295 g/mol. The number of aldehydes is 1. The average molecular weight is 318 g/mol. The highest BCUT2D eigenvalue weighted by atomic mass is 16.7. The SMILES string of the molecule is COc1ccc(C=C(CO)B2OC(C)(C)C(C)(C)O2)cc1C=O. The maximum absolute atomic E-state index is 11.1. The molecule has 0 amide bonds. The van der Waals surface area contributed by atoms with Gasteiger partial charge in [-0.25, -0.2) is 0 Å². The van der Waals surface area contributed by atoms with E-state index in [1.54, 1.807) is 18.2 Å². The maximum atomic E-state index is 11.1. The molecular formula is C17H23BO5. The zero-order valence-electron chi connectivity index (χ0n) is 14.3. The molecule has 124 valence electrons. The Labute approximate surface area is 137 Å². The number of aliphatic hydroxyl groups is 1. The molecule has 1 fully saturated rings. The van der Waals surface area contributed by atoms with Crippen LogP contribution >= 0.6 is 0 Å². The van der Waals surface area contributed by atoms with E-state index in [2.05, 4.69) is 0 Å². The van der Waals surface area contributed by atoms with Crippen LogP contribution in [-0.4, -0.2) is 43.4 Å². The van der Waals surface area contributed by atoms with Crippen LogP contribution in [0.3, 0.4) is 0 Å².